The molecule has 0 spiro atoms. The van der Waals surface area contributed by atoms with Gasteiger partial charge >= 0.3 is 0 Å². The zero-order valence-electron chi connectivity index (χ0n) is 14.4. The average molecular weight is 403 g/mol. The molecule has 5 heteroatoms. The zero-order chi connectivity index (χ0) is 18.9. The van der Waals surface area contributed by atoms with Gasteiger partial charge in [-0.3, -0.25) is 4.79 Å². The lowest BCUT2D eigenvalue weighted by atomic mass is 10.2. The fourth-order valence-electron chi connectivity index (χ4n) is 2.75. The smallest absolute Gasteiger partial charge is 0.233 e. The predicted octanol–water partition coefficient (Wildman–Crippen LogP) is 5.76. The fraction of sp³-hybridized carbons (Fsp3) is 0.0952. The van der Waals surface area contributed by atoms with Gasteiger partial charge in [0.25, 0.3) is 0 Å². The fourth-order valence-corrected chi connectivity index (χ4v) is 5.91. The molecule has 3 aromatic carbocycles. The number of carbonyl (C=O) groups is 1. The number of hydrogen-bond donors (Lipinski definition) is 0. The Hall–Kier alpha value is -1.86. The van der Waals surface area contributed by atoms with Gasteiger partial charge in [-0.1, -0.05) is 88.9 Å². The summed E-state index contributed by atoms with van der Waals surface area (Å²) in [6.45, 7) is 3.88. The van der Waals surface area contributed by atoms with Crippen molar-refractivity contribution in [3.63, 3.8) is 0 Å². The van der Waals surface area contributed by atoms with Gasteiger partial charge in [0, 0.05) is 10.6 Å². The van der Waals surface area contributed by atoms with Gasteiger partial charge in [-0.2, -0.15) is 0 Å². The maximum absolute atomic E-state index is 14.2. The summed E-state index contributed by atoms with van der Waals surface area (Å²) in [5.74, 6) is 0. The molecule has 0 atom stereocenters. The molecule has 2 nitrogen and oxygen atoms in total. The molecular formula is C21H17Cl2O2P. The Balaban J connectivity index is 2.27. The summed E-state index contributed by atoms with van der Waals surface area (Å²) in [4.78, 5) is 13.4. The van der Waals surface area contributed by atoms with E-state index in [1.165, 1.54) is 0 Å². The predicted molar refractivity (Wildman–Crippen MR) is 110 cm³/mol. The lowest BCUT2D eigenvalue weighted by molar-refractivity contribution is 0.107. The molecule has 0 heterocycles. The maximum atomic E-state index is 14.2. The summed E-state index contributed by atoms with van der Waals surface area (Å²) in [6, 6.07) is 19.1. The molecule has 132 valence electrons. The molecule has 0 amide bonds. The first-order valence-corrected chi connectivity index (χ1v) is 10.5. The summed E-state index contributed by atoms with van der Waals surface area (Å²) in [6.07, 6.45) is 0. The minimum Gasteiger partial charge on any atom is -0.305 e. The Morgan fingerprint density at radius 3 is 1.50 bits per heavy atom. The minimum atomic E-state index is -3.64. The maximum Gasteiger partial charge on any atom is 0.233 e. The van der Waals surface area contributed by atoms with Gasteiger partial charge in [-0.05, 0) is 26.0 Å². The molecule has 0 unspecified atom stereocenters. The van der Waals surface area contributed by atoms with E-state index >= 15 is 0 Å². The second-order valence-electron chi connectivity index (χ2n) is 6.18. The Labute approximate surface area is 163 Å². The van der Waals surface area contributed by atoms with Crippen LogP contribution >= 0.6 is 30.3 Å². The van der Waals surface area contributed by atoms with E-state index in [-0.39, 0.29) is 15.6 Å². The van der Waals surface area contributed by atoms with Crippen LogP contribution in [0.5, 0.6) is 0 Å². The van der Waals surface area contributed by atoms with Crippen molar-refractivity contribution in [2.24, 2.45) is 0 Å². The second kappa shape index (κ2) is 7.40. The van der Waals surface area contributed by atoms with Crippen LogP contribution in [0.25, 0.3) is 0 Å². The van der Waals surface area contributed by atoms with E-state index in [2.05, 4.69) is 0 Å². The van der Waals surface area contributed by atoms with Gasteiger partial charge in [-0.25, -0.2) is 0 Å². The highest BCUT2D eigenvalue weighted by Crippen LogP contribution is 2.49. The molecule has 0 N–H and O–H groups in total. The van der Waals surface area contributed by atoms with E-state index in [1.54, 1.807) is 42.5 Å². The Kier molecular flexibility index (Phi) is 5.39. The van der Waals surface area contributed by atoms with E-state index in [9.17, 15) is 9.36 Å². The standard InChI is InChI=1S/C21H17Cl2O2P/c1-14-6-10-16(11-7-14)26(25,17-12-8-15(2)9-13-17)21(24)20-18(22)4-3-5-19(20)23/h3-13H,1-2H3. The first kappa shape index (κ1) is 18.9. The van der Waals surface area contributed by atoms with E-state index in [4.69, 9.17) is 23.2 Å². The van der Waals surface area contributed by atoms with Crippen molar-refractivity contribution in [2.75, 3.05) is 0 Å². The summed E-state index contributed by atoms with van der Waals surface area (Å²) >= 11 is 12.5. The van der Waals surface area contributed by atoms with Gasteiger partial charge < -0.3 is 4.57 Å². The van der Waals surface area contributed by atoms with Crippen LogP contribution in [-0.2, 0) is 4.57 Å². The van der Waals surface area contributed by atoms with Crippen molar-refractivity contribution >= 4 is 46.5 Å². The van der Waals surface area contributed by atoms with Gasteiger partial charge in [0.05, 0.1) is 15.6 Å². The topological polar surface area (TPSA) is 34.1 Å². The lowest BCUT2D eigenvalue weighted by Gasteiger charge is -2.20. The van der Waals surface area contributed by atoms with Crippen molar-refractivity contribution in [3.05, 3.63) is 93.5 Å². The quantitative estimate of drug-likeness (QED) is 0.519. The van der Waals surface area contributed by atoms with Crippen molar-refractivity contribution in [2.45, 2.75) is 13.8 Å². The zero-order valence-corrected chi connectivity index (χ0v) is 16.8. The molecule has 0 fully saturated rings. The molecule has 0 aliphatic heterocycles. The number of aryl methyl sites for hydroxylation is 2. The number of hydrogen-bond acceptors (Lipinski definition) is 2. The highest BCUT2D eigenvalue weighted by Gasteiger charge is 2.38. The molecule has 0 aliphatic carbocycles. The molecule has 0 saturated heterocycles. The van der Waals surface area contributed by atoms with Crippen LogP contribution in [0.4, 0.5) is 0 Å². The largest absolute Gasteiger partial charge is 0.305 e. The molecule has 0 aromatic heterocycles. The SMILES string of the molecule is Cc1ccc(P(=O)(C(=O)c2c(Cl)cccc2Cl)c2ccc(C)cc2)cc1. The Bertz CT molecular complexity index is 939. The average Bonchev–Trinajstić information content (AvgIpc) is 2.62. The third-order valence-electron chi connectivity index (χ3n) is 4.26. The summed E-state index contributed by atoms with van der Waals surface area (Å²) < 4.78 is 14.2. The third kappa shape index (κ3) is 3.38. The molecule has 3 rings (SSSR count). The number of benzene rings is 3. The molecule has 0 radical (unpaired) electrons. The molecule has 0 aliphatic rings. The van der Waals surface area contributed by atoms with Crippen molar-refractivity contribution < 1.29 is 9.36 Å². The first-order valence-electron chi connectivity index (χ1n) is 8.07. The molecule has 3 aromatic rings. The third-order valence-corrected chi connectivity index (χ3v) is 7.73. The van der Waals surface area contributed by atoms with Gasteiger partial charge in [-0.15, -0.1) is 0 Å². The minimum absolute atomic E-state index is 0.0975. The highest BCUT2D eigenvalue weighted by atomic mass is 35.5. The van der Waals surface area contributed by atoms with Crippen LogP contribution in [-0.4, -0.2) is 5.52 Å². The second-order valence-corrected chi connectivity index (χ2v) is 9.65. The van der Waals surface area contributed by atoms with Crippen molar-refractivity contribution in [1.29, 1.82) is 0 Å². The molecule has 0 bridgehead atoms. The Morgan fingerprint density at radius 2 is 1.12 bits per heavy atom. The molecular weight excluding hydrogens is 386 g/mol. The van der Waals surface area contributed by atoms with Gasteiger partial charge in [0.2, 0.25) is 12.7 Å². The highest BCUT2D eigenvalue weighted by molar-refractivity contribution is 7.93. The van der Waals surface area contributed by atoms with E-state index < -0.39 is 12.7 Å². The van der Waals surface area contributed by atoms with E-state index in [1.807, 2.05) is 38.1 Å². The normalized spacial score (nSPS) is 11.4. The summed E-state index contributed by atoms with van der Waals surface area (Å²) in [5, 5.41) is 1.32. The van der Waals surface area contributed by atoms with Crippen LogP contribution < -0.4 is 10.6 Å². The van der Waals surface area contributed by atoms with Crippen LogP contribution in [0.2, 0.25) is 10.0 Å². The van der Waals surface area contributed by atoms with Crippen LogP contribution in [0, 0.1) is 13.8 Å². The summed E-state index contributed by atoms with van der Waals surface area (Å²) in [7, 11) is -3.64. The monoisotopic (exact) mass is 402 g/mol. The van der Waals surface area contributed by atoms with Crippen LogP contribution in [0.1, 0.15) is 21.5 Å². The number of halogens is 2. The van der Waals surface area contributed by atoms with Crippen molar-refractivity contribution in [1.82, 2.24) is 0 Å². The molecule has 0 saturated carbocycles. The van der Waals surface area contributed by atoms with E-state index in [0.717, 1.165) is 11.1 Å². The van der Waals surface area contributed by atoms with Gasteiger partial charge in [0.15, 0.2) is 0 Å². The van der Waals surface area contributed by atoms with Crippen molar-refractivity contribution in [3.8, 4) is 0 Å². The van der Waals surface area contributed by atoms with Crippen LogP contribution in [0.3, 0.4) is 0 Å². The lowest BCUT2D eigenvalue weighted by Crippen LogP contribution is -2.23. The van der Waals surface area contributed by atoms with E-state index in [0.29, 0.717) is 10.6 Å². The molecule has 26 heavy (non-hydrogen) atoms. The number of carbonyl (C=O) groups excluding carboxylic acids is 1. The Morgan fingerprint density at radius 1 is 0.731 bits per heavy atom. The van der Waals surface area contributed by atoms with Gasteiger partial charge in [0.1, 0.15) is 0 Å². The first-order chi connectivity index (χ1) is 12.3. The van der Waals surface area contributed by atoms with Crippen LogP contribution in [0.15, 0.2) is 66.7 Å². The number of rotatable bonds is 4. The summed E-state index contributed by atoms with van der Waals surface area (Å²) in [5.41, 5.74) is 1.58.